The van der Waals surface area contributed by atoms with E-state index in [1.165, 1.54) is 0 Å². The normalized spacial score (nSPS) is 8.00. The Morgan fingerprint density at radius 1 is 1.38 bits per heavy atom. The van der Waals surface area contributed by atoms with Gasteiger partial charge in [0, 0.05) is 0 Å². The van der Waals surface area contributed by atoms with Gasteiger partial charge in [0.2, 0.25) is 0 Å². The molecule has 0 amide bonds. The molecule has 0 spiro atoms. The molecule has 8 heavy (non-hydrogen) atoms. The first-order chi connectivity index (χ1) is 3.30. The predicted molar refractivity (Wildman–Crippen MR) is 19.9 cm³/mol. The number of rotatable bonds is 0. The summed E-state index contributed by atoms with van der Waals surface area (Å²) in [5.74, 6) is 0. The van der Waals surface area contributed by atoms with Crippen LogP contribution in [0.1, 0.15) is 0 Å². The molecule has 0 aromatic carbocycles. The zero-order valence-electron chi connectivity index (χ0n) is 4.22. The Labute approximate surface area is 65.3 Å². The van der Waals surface area contributed by atoms with Crippen LogP contribution in [0.3, 0.4) is 0 Å². The molecule has 1 rings (SSSR count). The molecule has 6 heteroatoms. The molecule has 0 aliphatic heterocycles. The van der Waals surface area contributed by atoms with E-state index in [-0.39, 0.29) is 29.6 Å². The van der Waals surface area contributed by atoms with Crippen LogP contribution < -0.4 is 40.7 Å². The number of hydrogen-bond acceptors (Lipinski definition) is 3. The van der Waals surface area contributed by atoms with Gasteiger partial charge in [-0.1, -0.05) is 0 Å². The van der Waals surface area contributed by atoms with Gasteiger partial charge < -0.3 is 4.52 Å². The van der Waals surface area contributed by atoms with Gasteiger partial charge in [-0.05, 0) is 0 Å². The summed E-state index contributed by atoms with van der Waals surface area (Å²) in [4.78, 5) is 19.8. The van der Waals surface area contributed by atoms with Crippen molar-refractivity contribution in [3.05, 3.63) is 20.8 Å². The van der Waals surface area contributed by atoms with Crippen LogP contribution >= 0.6 is 0 Å². The number of aromatic nitrogens is 2. The molecule has 0 aliphatic rings. The van der Waals surface area contributed by atoms with Crippen molar-refractivity contribution in [2.45, 2.75) is 0 Å². The smallest absolute Gasteiger partial charge is 0.318 e. The number of nitrogens with one attached hydrogen (secondary N) is 2. The van der Waals surface area contributed by atoms with E-state index < -0.39 is 11.2 Å². The summed E-state index contributed by atoms with van der Waals surface area (Å²) in [5.41, 5.74) is -1.67. The van der Waals surface area contributed by atoms with Gasteiger partial charge in [0.25, 0.3) is 0 Å². The maximum Gasteiger partial charge on any atom is 1.00 e. The van der Waals surface area contributed by atoms with Gasteiger partial charge in [0.1, 0.15) is 0 Å². The van der Waals surface area contributed by atoms with E-state index in [0.717, 1.165) is 0 Å². The summed E-state index contributed by atoms with van der Waals surface area (Å²) < 4.78 is 3.92. The number of H-pyrrole nitrogens is 2. The van der Waals surface area contributed by atoms with E-state index in [0.29, 0.717) is 0 Å². The molecule has 38 valence electrons. The van der Waals surface area contributed by atoms with Crippen molar-refractivity contribution >= 4 is 0 Å². The van der Waals surface area contributed by atoms with Gasteiger partial charge in [-0.2, -0.15) is 5.27 Å². The maximum absolute atomic E-state index is 9.93. The molecule has 0 bridgehead atoms. The Balaban J connectivity index is 0.000000490. The summed E-state index contributed by atoms with van der Waals surface area (Å²) in [7, 11) is 0. The number of hydrogen-bond donors (Lipinski definition) is 2. The molecular weight excluding hydrogens is 123 g/mol. The monoisotopic (exact) mass is 125 g/mol. The van der Waals surface area contributed by atoms with Gasteiger partial charge >= 0.3 is 40.7 Å². The maximum atomic E-state index is 9.93. The fraction of sp³-hybridized carbons (Fsp3) is 0. The summed E-state index contributed by atoms with van der Waals surface area (Å²) >= 11 is 0. The van der Waals surface area contributed by atoms with Crippen molar-refractivity contribution in [1.82, 2.24) is 10.4 Å². The van der Waals surface area contributed by atoms with Crippen LogP contribution in [0.25, 0.3) is 0 Å². The van der Waals surface area contributed by atoms with E-state index >= 15 is 0 Å². The average molecular weight is 125 g/mol. The molecule has 2 N–H and O–H groups in total. The summed E-state index contributed by atoms with van der Waals surface area (Å²) in [6, 6.07) is 0. The van der Waals surface area contributed by atoms with Gasteiger partial charge in [-0.25, -0.2) is 9.89 Å². The van der Waals surface area contributed by atoms with E-state index in [1.807, 2.05) is 10.4 Å². The molecule has 5 nitrogen and oxygen atoms in total. The van der Waals surface area contributed by atoms with Crippen LogP contribution in [0.4, 0.5) is 0 Å². The molecule has 0 atom stereocenters. The standard InChI is InChI=1S/C2H2N2O3.Na/c5-1-2(6)7-4-3-1;/h4H,(H,3,5);/q;+1. The zero-order chi connectivity index (χ0) is 5.28. The first-order valence-electron chi connectivity index (χ1n) is 1.57. The van der Waals surface area contributed by atoms with Gasteiger partial charge in [0.15, 0.2) is 0 Å². The van der Waals surface area contributed by atoms with Crippen LogP contribution in [-0.2, 0) is 0 Å². The van der Waals surface area contributed by atoms with E-state index in [9.17, 15) is 9.59 Å². The largest absolute Gasteiger partial charge is 1.00 e. The minimum atomic E-state index is -0.903. The second-order valence-corrected chi connectivity index (χ2v) is 0.946. The van der Waals surface area contributed by atoms with Gasteiger partial charge in [0.05, 0.1) is 0 Å². The first kappa shape index (κ1) is 7.74. The Morgan fingerprint density at radius 2 is 2.00 bits per heavy atom. The van der Waals surface area contributed by atoms with Gasteiger partial charge in [-0.15, -0.1) is 0 Å². The van der Waals surface area contributed by atoms with Crippen molar-refractivity contribution in [3.63, 3.8) is 0 Å². The Morgan fingerprint density at radius 3 is 2.12 bits per heavy atom. The van der Waals surface area contributed by atoms with Crippen molar-refractivity contribution in [2.24, 2.45) is 0 Å². The SMILES string of the molecule is O=c1[nH][nH]oc1=O.[Na+]. The quantitative estimate of drug-likeness (QED) is 0.272. The Kier molecular flexibility index (Phi) is 2.81. The minimum absolute atomic E-state index is 0. The molecular formula is C2H2N2NaO3+. The molecule has 0 saturated heterocycles. The zero-order valence-corrected chi connectivity index (χ0v) is 6.22. The second-order valence-electron chi connectivity index (χ2n) is 0.946. The third kappa shape index (κ3) is 1.36. The van der Waals surface area contributed by atoms with Crippen molar-refractivity contribution in [2.75, 3.05) is 0 Å². The second kappa shape index (κ2) is 2.91. The molecule has 1 heterocycles. The molecule has 1 aromatic heterocycles. The van der Waals surface area contributed by atoms with Crippen molar-refractivity contribution in [1.29, 1.82) is 0 Å². The van der Waals surface area contributed by atoms with Crippen LogP contribution in [0.2, 0.25) is 0 Å². The van der Waals surface area contributed by atoms with Crippen LogP contribution in [0.15, 0.2) is 14.1 Å². The van der Waals surface area contributed by atoms with Gasteiger partial charge in [-0.3, -0.25) is 4.79 Å². The summed E-state index contributed by atoms with van der Waals surface area (Å²) in [6.45, 7) is 0. The predicted octanol–water partition coefficient (Wildman–Crippen LogP) is -4.34. The Hall–Kier alpha value is -0.260. The Bertz CT molecular complexity index is 220. The van der Waals surface area contributed by atoms with E-state index in [4.69, 9.17) is 0 Å². The first-order valence-corrected chi connectivity index (χ1v) is 1.57. The average Bonchev–Trinajstić information content (AvgIpc) is 1.91. The molecule has 0 radical (unpaired) electrons. The minimum Gasteiger partial charge on any atom is -0.318 e. The topological polar surface area (TPSA) is 78.9 Å². The van der Waals surface area contributed by atoms with E-state index in [1.54, 1.807) is 0 Å². The fourth-order valence-electron chi connectivity index (χ4n) is 0.216. The molecule has 0 unspecified atom stereocenters. The van der Waals surface area contributed by atoms with Crippen molar-refractivity contribution < 1.29 is 34.1 Å². The third-order valence-corrected chi connectivity index (χ3v) is 0.494. The number of aromatic amines is 2. The summed E-state index contributed by atoms with van der Waals surface area (Å²) in [6.07, 6.45) is 0. The third-order valence-electron chi connectivity index (χ3n) is 0.494. The molecule has 0 aliphatic carbocycles. The van der Waals surface area contributed by atoms with Crippen molar-refractivity contribution in [3.8, 4) is 0 Å². The molecule has 0 saturated carbocycles. The fourth-order valence-corrected chi connectivity index (χ4v) is 0.216. The molecule has 0 fully saturated rings. The molecule has 1 aromatic rings. The van der Waals surface area contributed by atoms with Crippen LogP contribution in [-0.4, -0.2) is 10.4 Å². The van der Waals surface area contributed by atoms with E-state index in [2.05, 4.69) is 4.52 Å². The van der Waals surface area contributed by atoms with Crippen LogP contribution in [0, 0.1) is 0 Å². The van der Waals surface area contributed by atoms with Crippen LogP contribution in [0.5, 0.6) is 0 Å². The summed E-state index contributed by atoms with van der Waals surface area (Å²) in [5, 5.41) is 3.78.